The van der Waals surface area contributed by atoms with Gasteiger partial charge in [0, 0.05) is 18.7 Å². The fourth-order valence-corrected chi connectivity index (χ4v) is 4.19. The summed E-state index contributed by atoms with van der Waals surface area (Å²) in [4.78, 5) is 13.6. The molecule has 150 valence electrons. The molecule has 1 aromatic carbocycles. The highest BCUT2D eigenvalue weighted by Gasteiger charge is 2.24. The molecular weight excluding hydrogens is 390 g/mol. The summed E-state index contributed by atoms with van der Waals surface area (Å²) < 4.78 is 31.0. The van der Waals surface area contributed by atoms with E-state index in [0.717, 1.165) is 11.1 Å². The molecule has 0 amide bonds. The van der Waals surface area contributed by atoms with Crippen LogP contribution in [0.15, 0.2) is 47.1 Å². The molecule has 0 N–H and O–H groups in total. The molecule has 0 fully saturated rings. The molecule has 3 heterocycles. The van der Waals surface area contributed by atoms with Crippen molar-refractivity contribution >= 4 is 15.6 Å². The first-order chi connectivity index (χ1) is 14.0. The first-order valence-corrected chi connectivity index (χ1v) is 11.0. The Kier molecular flexibility index (Phi) is 5.25. The minimum absolute atomic E-state index is 0.103. The Labute approximate surface area is 169 Å². The van der Waals surface area contributed by atoms with Gasteiger partial charge in [-0.2, -0.15) is 9.29 Å². The Bertz CT molecular complexity index is 1160. The second-order valence-electron chi connectivity index (χ2n) is 6.72. The maximum absolute atomic E-state index is 12.0. The van der Waals surface area contributed by atoms with Crippen LogP contribution in [0.5, 0.6) is 0 Å². The first kappa shape index (κ1) is 19.4. The lowest BCUT2D eigenvalue weighted by molar-refractivity contribution is 0.432. The number of hydrogen-bond donors (Lipinski definition) is 0. The van der Waals surface area contributed by atoms with Crippen LogP contribution in [0, 0.1) is 6.92 Å². The molecular formula is C20H21N5O3S. The second-order valence-corrected chi connectivity index (χ2v) is 8.97. The van der Waals surface area contributed by atoms with Crippen LogP contribution < -0.4 is 0 Å². The number of sulfonamides is 1. The van der Waals surface area contributed by atoms with E-state index in [-0.39, 0.29) is 5.75 Å². The number of aromatic nitrogens is 4. The summed E-state index contributed by atoms with van der Waals surface area (Å²) in [7, 11) is -3.19. The van der Waals surface area contributed by atoms with Crippen molar-refractivity contribution in [1.29, 1.82) is 0 Å². The Morgan fingerprint density at radius 3 is 2.66 bits per heavy atom. The number of rotatable bonds is 5. The van der Waals surface area contributed by atoms with Crippen molar-refractivity contribution < 1.29 is 12.9 Å². The van der Waals surface area contributed by atoms with E-state index in [9.17, 15) is 8.42 Å². The smallest absolute Gasteiger partial charge is 0.258 e. The quantitative estimate of drug-likeness (QED) is 0.636. The van der Waals surface area contributed by atoms with Crippen molar-refractivity contribution in [3.63, 3.8) is 0 Å². The molecule has 3 aromatic rings. The van der Waals surface area contributed by atoms with E-state index in [2.05, 4.69) is 15.1 Å². The Hall–Kier alpha value is -2.91. The summed E-state index contributed by atoms with van der Waals surface area (Å²) in [5.41, 5.74) is 3.75. The van der Waals surface area contributed by atoms with Crippen molar-refractivity contribution in [2.45, 2.75) is 20.3 Å². The molecule has 2 aromatic heterocycles. The molecule has 1 aliphatic rings. The zero-order valence-electron chi connectivity index (χ0n) is 16.2. The molecule has 4 rings (SSSR count). The van der Waals surface area contributed by atoms with E-state index in [1.54, 1.807) is 13.1 Å². The van der Waals surface area contributed by atoms with Crippen LogP contribution in [0.2, 0.25) is 0 Å². The molecule has 0 aliphatic carbocycles. The van der Waals surface area contributed by atoms with Gasteiger partial charge in [-0.15, -0.1) is 0 Å². The zero-order chi connectivity index (χ0) is 20.4. The predicted octanol–water partition coefficient (Wildman–Crippen LogP) is 2.94. The highest BCUT2D eigenvalue weighted by Crippen LogP contribution is 2.26. The molecule has 9 heteroatoms. The maximum atomic E-state index is 12.0. The standard InChI is InChI=1S/C20H21N5O3S/c1-3-29(26,27)25-11-9-15(10-12-25)17-13-21-14(2)18(22-17)19-23-20(28-24-19)16-7-5-4-6-8-16/h4-9,13H,3,10-12H2,1-2H3. The van der Waals surface area contributed by atoms with Crippen LogP contribution in [0.1, 0.15) is 24.7 Å². The lowest BCUT2D eigenvalue weighted by Gasteiger charge is -2.25. The Balaban J connectivity index is 1.62. The van der Waals surface area contributed by atoms with Gasteiger partial charge < -0.3 is 4.52 Å². The molecule has 0 spiro atoms. The van der Waals surface area contributed by atoms with Crippen molar-refractivity contribution in [2.75, 3.05) is 18.8 Å². The fourth-order valence-electron chi connectivity index (χ4n) is 3.15. The van der Waals surface area contributed by atoms with Crippen LogP contribution in [0.4, 0.5) is 0 Å². The average molecular weight is 411 g/mol. The summed E-state index contributed by atoms with van der Waals surface area (Å²) in [6, 6.07) is 9.53. The van der Waals surface area contributed by atoms with Gasteiger partial charge in [-0.25, -0.2) is 13.4 Å². The van der Waals surface area contributed by atoms with Crippen LogP contribution >= 0.6 is 0 Å². The van der Waals surface area contributed by atoms with E-state index in [1.807, 2.05) is 43.3 Å². The molecule has 1 aliphatic heterocycles. The van der Waals surface area contributed by atoms with Gasteiger partial charge in [0.25, 0.3) is 5.89 Å². The van der Waals surface area contributed by atoms with Gasteiger partial charge in [-0.1, -0.05) is 29.4 Å². The number of nitrogens with zero attached hydrogens (tertiary/aromatic N) is 5. The van der Waals surface area contributed by atoms with Crippen molar-refractivity contribution in [1.82, 2.24) is 24.4 Å². The molecule has 0 saturated heterocycles. The van der Waals surface area contributed by atoms with Crippen LogP contribution in [-0.2, 0) is 10.0 Å². The molecule has 0 saturated carbocycles. The van der Waals surface area contributed by atoms with E-state index in [4.69, 9.17) is 9.51 Å². The van der Waals surface area contributed by atoms with Crippen molar-refractivity contribution in [3.05, 3.63) is 54.0 Å². The van der Waals surface area contributed by atoms with Crippen molar-refractivity contribution in [3.8, 4) is 23.0 Å². The molecule has 0 unspecified atom stereocenters. The number of hydrogen-bond acceptors (Lipinski definition) is 7. The Morgan fingerprint density at radius 1 is 1.17 bits per heavy atom. The lowest BCUT2D eigenvalue weighted by Crippen LogP contribution is -2.35. The van der Waals surface area contributed by atoms with Crippen LogP contribution in [0.3, 0.4) is 0 Å². The molecule has 0 atom stereocenters. The van der Waals surface area contributed by atoms with Crippen LogP contribution in [0.25, 0.3) is 28.5 Å². The average Bonchev–Trinajstić information content (AvgIpc) is 3.25. The van der Waals surface area contributed by atoms with E-state index < -0.39 is 10.0 Å². The largest absolute Gasteiger partial charge is 0.334 e. The minimum Gasteiger partial charge on any atom is -0.334 e. The molecule has 8 nitrogen and oxygen atoms in total. The number of benzene rings is 1. The normalized spacial score (nSPS) is 15.3. The summed E-state index contributed by atoms with van der Waals surface area (Å²) in [5.74, 6) is 0.901. The van der Waals surface area contributed by atoms with Gasteiger partial charge in [0.2, 0.25) is 15.8 Å². The highest BCUT2D eigenvalue weighted by molar-refractivity contribution is 7.89. The summed E-state index contributed by atoms with van der Waals surface area (Å²) in [6.07, 6.45) is 4.18. The summed E-state index contributed by atoms with van der Waals surface area (Å²) in [5, 5.41) is 4.07. The fraction of sp³-hybridized carbons (Fsp3) is 0.300. The topological polar surface area (TPSA) is 102 Å². The van der Waals surface area contributed by atoms with Gasteiger partial charge in [0.1, 0.15) is 5.69 Å². The maximum Gasteiger partial charge on any atom is 0.258 e. The SMILES string of the molecule is CCS(=O)(=O)N1CC=C(c2cnc(C)c(-c3noc(-c4ccccc4)n3)n2)CC1. The van der Waals surface area contributed by atoms with E-state index in [0.29, 0.717) is 48.3 Å². The van der Waals surface area contributed by atoms with Gasteiger partial charge in [-0.05, 0) is 38.0 Å². The monoisotopic (exact) mass is 411 g/mol. The third-order valence-corrected chi connectivity index (χ3v) is 6.72. The van der Waals surface area contributed by atoms with Gasteiger partial charge in [0.05, 0.1) is 23.3 Å². The lowest BCUT2D eigenvalue weighted by atomic mass is 10.1. The summed E-state index contributed by atoms with van der Waals surface area (Å²) in [6.45, 7) is 4.28. The van der Waals surface area contributed by atoms with Gasteiger partial charge in [0.15, 0.2) is 0 Å². The van der Waals surface area contributed by atoms with Gasteiger partial charge >= 0.3 is 0 Å². The Morgan fingerprint density at radius 2 is 1.97 bits per heavy atom. The second kappa shape index (κ2) is 7.84. The zero-order valence-corrected chi connectivity index (χ0v) is 17.1. The molecule has 29 heavy (non-hydrogen) atoms. The highest BCUT2D eigenvalue weighted by atomic mass is 32.2. The summed E-state index contributed by atoms with van der Waals surface area (Å²) >= 11 is 0. The minimum atomic E-state index is -3.19. The first-order valence-electron chi connectivity index (χ1n) is 9.38. The van der Waals surface area contributed by atoms with Crippen molar-refractivity contribution in [2.24, 2.45) is 0 Å². The third-order valence-electron chi connectivity index (χ3n) is 4.87. The van der Waals surface area contributed by atoms with E-state index >= 15 is 0 Å². The van der Waals surface area contributed by atoms with Gasteiger partial charge in [-0.3, -0.25) is 4.98 Å². The van der Waals surface area contributed by atoms with E-state index in [1.165, 1.54) is 4.31 Å². The number of aryl methyl sites for hydroxylation is 1. The third kappa shape index (κ3) is 3.96. The molecule has 0 radical (unpaired) electrons. The molecule has 0 bridgehead atoms. The predicted molar refractivity (Wildman–Crippen MR) is 109 cm³/mol. The van der Waals surface area contributed by atoms with Crippen LogP contribution in [-0.4, -0.2) is 51.7 Å².